The molecule has 2 aromatic rings. The highest BCUT2D eigenvalue weighted by Gasteiger charge is 2.01. The van der Waals surface area contributed by atoms with Crippen LogP contribution in [0.5, 0.6) is 0 Å². The van der Waals surface area contributed by atoms with E-state index in [1.807, 2.05) is 0 Å². The first-order valence-corrected chi connectivity index (χ1v) is 5.58. The van der Waals surface area contributed by atoms with Crippen molar-refractivity contribution in [2.45, 2.75) is 0 Å². The van der Waals surface area contributed by atoms with Gasteiger partial charge < -0.3 is 11.1 Å². The van der Waals surface area contributed by atoms with Crippen molar-refractivity contribution in [1.29, 1.82) is 0 Å². The Morgan fingerprint density at radius 2 is 1.47 bits per heavy atom. The van der Waals surface area contributed by atoms with Crippen LogP contribution in [0.15, 0.2) is 36.4 Å². The molecule has 0 amide bonds. The molecule has 0 saturated carbocycles. The summed E-state index contributed by atoms with van der Waals surface area (Å²) in [6.45, 7) is 0. The van der Waals surface area contributed by atoms with E-state index in [1.165, 1.54) is 12.1 Å². The van der Waals surface area contributed by atoms with E-state index in [0.717, 1.165) is 0 Å². The van der Waals surface area contributed by atoms with Crippen LogP contribution in [0.3, 0.4) is 0 Å². The Kier molecular flexibility index (Phi) is 3.41. The van der Waals surface area contributed by atoms with Crippen molar-refractivity contribution in [1.82, 2.24) is 0 Å². The second-order valence-electron chi connectivity index (χ2n) is 3.56. The second-order valence-corrected chi connectivity index (χ2v) is 4.43. The van der Waals surface area contributed by atoms with E-state index < -0.39 is 5.82 Å². The van der Waals surface area contributed by atoms with Crippen molar-refractivity contribution in [2.75, 3.05) is 11.1 Å². The minimum absolute atomic E-state index is 0.348. The lowest BCUT2D eigenvalue weighted by atomic mass is 10.2. The van der Waals surface area contributed by atoms with Crippen molar-refractivity contribution in [2.24, 2.45) is 0 Å². The molecule has 0 aliphatic carbocycles. The van der Waals surface area contributed by atoms with Crippen molar-refractivity contribution >= 4 is 40.3 Å². The zero-order valence-electron chi connectivity index (χ0n) is 8.68. The highest BCUT2D eigenvalue weighted by atomic mass is 35.5. The molecule has 2 nitrogen and oxygen atoms in total. The first-order chi connectivity index (χ1) is 8.02. The molecule has 0 spiro atoms. The summed E-state index contributed by atoms with van der Waals surface area (Å²) in [7, 11) is 0. The minimum atomic E-state index is -0.402. The molecule has 0 saturated heterocycles. The van der Waals surface area contributed by atoms with E-state index in [-0.39, 0.29) is 0 Å². The fourth-order valence-corrected chi connectivity index (χ4v) is 2.00. The maximum absolute atomic E-state index is 13.1. The average molecular weight is 271 g/mol. The lowest BCUT2D eigenvalue weighted by molar-refractivity contribution is 0.629. The Bertz CT molecular complexity index is 468. The van der Waals surface area contributed by atoms with Crippen molar-refractivity contribution in [3.63, 3.8) is 0 Å². The molecule has 5 heteroatoms. The minimum Gasteiger partial charge on any atom is -0.399 e. The Morgan fingerprint density at radius 1 is 0.882 bits per heavy atom. The Hall–Kier alpha value is -1.45. The standard InChI is InChI=1S/C12H9Cl2FN2/c13-7-1-8(14)3-11(2-7)17-12-5-9(15)4-10(16)6-12/h1-6,17H,16H2. The van der Waals surface area contributed by atoms with Crippen LogP contribution in [0.25, 0.3) is 0 Å². The quantitative estimate of drug-likeness (QED) is 0.791. The smallest absolute Gasteiger partial charge is 0.127 e. The van der Waals surface area contributed by atoms with Gasteiger partial charge in [-0.3, -0.25) is 0 Å². The van der Waals surface area contributed by atoms with Crippen molar-refractivity contribution in [3.05, 3.63) is 52.3 Å². The fourth-order valence-electron chi connectivity index (χ4n) is 1.48. The number of benzene rings is 2. The van der Waals surface area contributed by atoms with Gasteiger partial charge >= 0.3 is 0 Å². The first-order valence-electron chi connectivity index (χ1n) is 4.82. The monoisotopic (exact) mass is 270 g/mol. The lowest BCUT2D eigenvalue weighted by Crippen LogP contribution is -1.94. The number of nitrogens with one attached hydrogen (secondary N) is 1. The van der Waals surface area contributed by atoms with Gasteiger partial charge in [0.15, 0.2) is 0 Å². The van der Waals surface area contributed by atoms with Crippen LogP contribution in [0.2, 0.25) is 10.0 Å². The molecule has 0 unspecified atom stereocenters. The SMILES string of the molecule is Nc1cc(F)cc(Nc2cc(Cl)cc(Cl)c2)c1. The Morgan fingerprint density at radius 3 is 2.06 bits per heavy atom. The lowest BCUT2D eigenvalue weighted by Gasteiger charge is -2.08. The number of hydrogen-bond acceptors (Lipinski definition) is 2. The van der Waals surface area contributed by atoms with Gasteiger partial charge in [-0.2, -0.15) is 0 Å². The summed E-state index contributed by atoms with van der Waals surface area (Å²) in [4.78, 5) is 0. The molecule has 0 heterocycles. The zero-order chi connectivity index (χ0) is 12.4. The van der Waals surface area contributed by atoms with Gasteiger partial charge in [0, 0.05) is 27.1 Å². The number of rotatable bonds is 2. The number of nitrogen functional groups attached to an aromatic ring is 1. The van der Waals surface area contributed by atoms with Gasteiger partial charge in [-0.15, -0.1) is 0 Å². The van der Waals surface area contributed by atoms with Gasteiger partial charge in [0.25, 0.3) is 0 Å². The number of nitrogens with two attached hydrogens (primary N) is 1. The molecule has 2 aromatic carbocycles. The molecule has 0 bridgehead atoms. The molecule has 0 aromatic heterocycles. The number of anilines is 3. The highest BCUT2D eigenvalue weighted by molar-refractivity contribution is 6.35. The average Bonchev–Trinajstić information content (AvgIpc) is 2.13. The third-order valence-corrected chi connectivity index (χ3v) is 2.51. The highest BCUT2D eigenvalue weighted by Crippen LogP contribution is 2.26. The van der Waals surface area contributed by atoms with Crippen LogP contribution < -0.4 is 11.1 Å². The molecule has 0 fully saturated rings. The van der Waals surface area contributed by atoms with Crippen molar-refractivity contribution in [3.8, 4) is 0 Å². The van der Waals surface area contributed by atoms with Crippen LogP contribution in [-0.2, 0) is 0 Å². The Balaban J connectivity index is 2.31. The second kappa shape index (κ2) is 4.82. The third kappa shape index (κ3) is 3.25. The van der Waals surface area contributed by atoms with Crippen LogP contribution in [0.4, 0.5) is 21.5 Å². The van der Waals surface area contributed by atoms with Crippen LogP contribution in [0, 0.1) is 5.82 Å². The zero-order valence-corrected chi connectivity index (χ0v) is 10.2. The van der Waals surface area contributed by atoms with E-state index in [0.29, 0.717) is 27.1 Å². The van der Waals surface area contributed by atoms with Gasteiger partial charge in [0.1, 0.15) is 5.82 Å². The van der Waals surface area contributed by atoms with Crippen molar-refractivity contribution < 1.29 is 4.39 Å². The molecule has 0 aliphatic rings. The number of hydrogen-bond donors (Lipinski definition) is 2. The van der Waals surface area contributed by atoms with Gasteiger partial charge in [-0.1, -0.05) is 23.2 Å². The normalized spacial score (nSPS) is 10.3. The maximum atomic E-state index is 13.1. The van der Waals surface area contributed by atoms with E-state index >= 15 is 0 Å². The van der Waals surface area contributed by atoms with Gasteiger partial charge in [-0.25, -0.2) is 4.39 Å². The molecule has 17 heavy (non-hydrogen) atoms. The largest absolute Gasteiger partial charge is 0.399 e. The molecule has 3 N–H and O–H groups in total. The fraction of sp³-hybridized carbons (Fsp3) is 0. The van der Waals surface area contributed by atoms with Gasteiger partial charge in [-0.05, 0) is 36.4 Å². The predicted molar refractivity (Wildman–Crippen MR) is 70.6 cm³/mol. The molecule has 0 atom stereocenters. The molecular weight excluding hydrogens is 262 g/mol. The van der Waals surface area contributed by atoms with E-state index in [4.69, 9.17) is 28.9 Å². The first kappa shape index (κ1) is 12.0. The summed E-state index contributed by atoms with van der Waals surface area (Å²) < 4.78 is 13.1. The maximum Gasteiger partial charge on any atom is 0.127 e. The summed E-state index contributed by atoms with van der Waals surface area (Å²) >= 11 is 11.7. The van der Waals surface area contributed by atoms with Crippen LogP contribution >= 0.6 is 23.2 Å². The molecule has 2 rings (SSSR count). The number of halogens is 3. The summed E-state index contributed by atoms with van der Waals surface area (Å²) in [5, 5.41) is 3.99. The predicted octanol–water partition coefficient (Wildman–Crippen LogP) is 4.46. The molecule has 88 valence electrons. The topological polar surface area (TPSA) is 38.0 Å². The molecule has 0 radical (unpaired) electrons. The molecule has 0 aliphatic heterocycles. The summed E-state index contributed by atoms with van der Waals surface area (Å²) in [6, 6.07) is 9.20. The van der Waals surface area contributed by atoms with Gasteiger partial charge in [0.05, 0.1) is 0 Å². The Labute approximate surface area is 108 Å². The van der Waals surface area contributed by atoms with E-state index in [1.54, 1.807) is 24.3 Å². The van der Waals surface area contributed by atoms with Crippen LogP contribution in [0.1, 0.15) is 0 Å². The third-order valence-electron chi connectivity index (χ3n) is 2.07. The summed E-state index contributed by atoms with van der Waals surface area (Å²) in [5.74, 6) is -0.402. The molecular formula is C12H9Cl2FN2. The summed E-state index contributed by atoms with van der Waals surface area (Å²) in [6.07, 6.45) is 0. The van der Waals surface area contributed by atoms with E-state index in [2.05, 4.69) is 5.32 Å². The van der Waals surface area contributed by atoms with E-state index in [9.17, 15) is 4.39 Å². The summed E-state index contributed by atoms with van der Waals surface area (Å²) in [5.41, 5.74) is 7.10. The van der Waals surface area contributed by atoms with Crippen LogP contribution in [-0.4, -0.2) is 0 Å². The van der Waals surface area contributed by atoms with Gasteiger partial charge in [0.2, 0.25) is 0 Å².